The normalized spacial score (nSPS) is 10.9. The summed E-state index contributed by atoms with van der Waals surface area (Å²) in [6.07, 6.45) is 1.58. The molecule has 138 valence electrons. The number of methoxy groups -OCH3 is 1. The maximum atomic E-state index is 12.0. The summed E-state index contributed by atoms with van der Waals surface area (Å²) in [7, 11) is 1.58. The van der Waals surface area contributed by atoms with E-state index in [0.717, 1.165) is 15.7 Å². The van der Waals surface area contributed by atoms with Gasteiger partial charge in [-0.1, -0.05) is 46.9 Å². The van der Waals surface area contributed by atoms with Gasteiger partial charge in [0.15, 0.2) is 5.82 Å². The van der Waals surface area contributed by atoms with Crippen molar-refractivity contribution in [2.24, 2.45) is 10.7 Å². The van der Waals surface area contributed by atoms with Crippen molar-refractivity contribution >= 4 is 52.0 Å². The predicted molar refractivity (Wildman–Crippen MR) is 115 cm³/mol. The molecule has 0 bridgehead atoms. The van der Waals surface area contributed by atoms with E-state index >= 15 is 0 Å². The summed E-state index contributed by atoms with van der Waals surface area (Å²) in [5.41, 5.74) is 8.53. The van der Waals surface area contributed by atoms with Gasteiger partial charge in [0.1, 0.15) is 17.1 Å². The molecular weight excluding hydrogens is 457 g/mol. The molecule has 0 fully saturated rings. The predicted octanol–water partition coefficient (Wildman–Crippen LogP) is 3.95. The SMILES string of the molecule is COc1ccccc1C=Nc1n[nH]c(Nc2ccc(CI)cc2)c1C(N)=O. The Morgan fingerprint density at radius 2 is 2.04 bits per heavy atom. The highest BCUT2D eigenvalue weighted by atomic mass is 127. The minimum atomic E-state index is -0.623. The lowest BCUT2D eigenvalue weighted by molar-refractivity contribution is 0.100. The number of aromatic nitrogens is 2. The van der Waals surface area contributed by atoms with Crippen molar-refractivity contribution in [3.63, 3.8) is 0 Å². The Hall–Kier alpha value is -2.88. The second-order valence-corrected chi connectivity index (χ2v) is 6.38. The fourth-order valence-corrected chi connectivity index (χ4v) is 2.98. The molecule has 0 radical (unpaired) electrons. The number of rotatable bonds is 7. The van der Waals surface area contributed by atoms with E-state index in [4.69, 9.17) is 10.5 Å². The summed E-state index contributed by atoms with van der Waals surface area (Å²) in [6, 6.07) is 15.3. The summed E-state index contributed by atoms with van der Waals surface area (Å²) >= 11 is 2.30. The fourth-order valence-electron chi connectivity index (χ4n) is 2.47. The maximum Gasteiger partial charge on any atom is 0.256 e. The number of alkyl halides is 1. The summed E-state index contributed by atoms with van der Waals surface area (Å²) < 4.78 is 6.22. The number of carbonyl (C=O) groups is 1. The second kappa shape index (κ2) is 8.67. The number of ether oxygens (including phenoxy) is 1. The lowest BCUT2D eigenvalue weighted by Crippen LogP contribution is -2.12. The number of benzene rings is 2. The molecule has 0 atom stereocenters. The van der Waals surface area contributed by atoms with Crippen LogP contribution in [0.15, 0.2) is 53.5 Å². The first kappa shape index (κ1) is 18.9. The van der Waals surface area contributed by atoms with Gasteiger partial charge in [-0.2, -0.15) is 5.10 Å². The lowest BCUT2D eigenvalue weighted by atomic mass is 10.2. The van der Waals surface area contributed by atoms with Gasteiger partial charge in [0, 0.05) is 21.9 Å². The van der Waals surface area contributed by atoms with E-state index in [2.05, 4.69) is 43.1 Å². The zero-order valence-corrected chi connectivity index (χ0v) is 16.7. The highest BCUT2D eigenvalue weighted by Gasteiger charge is 2.18. The molecular formula is C19H18IN5O2. The molecule has 1 heterocycles. The number of nitrogens with zero attached hydrogens (tertiary/aromatic N) is 2. The third-order valence-electron chi connectivity index (χ3n) is 3.84. The van der Waals surface area contributed by atoms with Crippen LogP contribution in [0.1, 0.15) is 21.5 Å². The topological polar surface area (TPSA) is 105 Å². The highest BCUT2D eigenvalue weighted by Crippen LogP contribution is 2.27. The molecule has 1 amide bonds. The number of carbonyl (C=O) groups excluding carboxylic acids is 1. The average molecular weight is 475 g/mol. The molecule has 0 aliphatic heterocycles. The number of H-pyrrole nitrogens is 1. The number of halogens is 1. The van der Waals surface area contributed by atoms with Gasteiger partial charge in [0.05, 0.1) is 7.11 Å². The van der Waals surface area contributed by atoms with Gasteiger partial charge in [-0.15, -0.1) is 0 Å². The van der Waals surface area contributed by atoms with Crippen LogP contribution < -0.4 is 15.8 Å². The van der Waals surface area contributed by atoms with E-state index in [1.165, 1.54) is 5.56 Å². The van der Waals surface area contributed by atoms with Crippen molar-refractivity contribution in [2.75, 3.05) is 12.4 Å². The van der Waals surface area contributed by atoms with Gasteiger partial charge in [0.2, 0.25) is 0 Å². The quantitative estimate of drug-likeness (QED) is 0.274. The Morgan fingerprint density at radius 1 is 1.30 bits per heavy atom. The molecule has 8 heteroatoms. The first-order chi connectivity index (χ1) is 13.1. The minimum absolute atomic E-state index is 0.194. The van der Waals surface area contributed by atoms with E-state index in [1.807, 2.05) is 48.5 Å². The zero-order chi connectivity index (χ0) is 19.2. The molecule has 0 saturated carbocycles. The summed E-state index contributed by atoms with van der Waals surface area (Å²) in [5, 5.41) is 10.0. The molecule has 1 aromatic heterocycles. The summed E-state index contributed by atoms with van der Waals surface area (Å²) in [5.74, 6) is 0.658. The highest BCUT2D eigenvalue weighted by molar-refractivity contribution is 14.1. The van der Waals surface area contributed by atoms with Crippen molar-refractivity contribution in [2.45, 2.75) is 4.43 Å². The van der Waals surface area contributed by atoms with E-state index in [-0.39, 0.29) is 11.4 Å². The molecule has 27 heavy (non-hydrogen) atoms. The van der Waals surface area contributed by atoms with Crippen LogP contribution in [0.25, 0.3) is 0 Å². The summed E-state index contributed by atoms with van der Waals surface area (Å²) in [4.78, 5) is 16.3. The largest absolute Gasteiger partial charge is 0.496 e. The number of para-hydroxylation sites is 1. The molecule has 2 aromatic carbocycles. The smallest absolute Gasteiger partial charge is 0.256 e. The molecule has 0 unspecified atom stereocenters. The van der Waals surface area contributed by atoms with Crippen LogP contribution in [0.5, 0.6) is 5.75 Å². The van der Waals surface area contributed by atoms with Gasteiger partial charge in [-0.3, -0.25) is 9.89 Å². The van der Waals surface area contributed by atoms with Crippen molar-refractivity contribution in [3.8, 4) is 5.75 Å². The van der Waals surface area contributed by atoms with Crippen LogP contribution in [-0.4, -0.2) is 29.4 Å². The first-order valence-electron chi connectivity index (χ1n) is 8.09. The van der Waals surface area contributed by atoms with Crippen LogP contribution in [0, 0.1) is 0 Å². The molecule has 4 N–H and O–H groups in total. The van der Waals surface area contributed by atoms with Gasteiger partial charge in [-0.05, 0) is 29.8 Å². The molecule has 3 rings (SSSR count). The number of aromatic amines is 1. The number of anilines is 2. The number of amides is 1. The molecule has 0 aliphatic rings. The van der Waals surface area contributed by atoms with E-state index in [0.29, 0.717) is 11.6 Å². The third kappa shape index (κ3) is 4.45. The molecule has 0 aliphatic carbocycles. The monoisotopic (exact) mass is 475 g/mol. The van der Waals surface area contributed by atoms with Crippen molar-refractivity contribution in [1.82, 2.24) is 10.2 Å². The molecule has 0 spiro atoms. The standard InChI is InChI=1S/C19H18IN5O2/c1-27-15-5-3-2-4-13(15)11-22-18-16(17(21)26)19(25-24-18)23-14-8-6-12(10-20)7-9-14/h2-9,11H,10H2,1H3,(H2,21,26)(H2,23,24,25). The first-order valence-corrected chi connectivity index (χ1v) is 9.62. The van der Waals surface area contributed by atoms with Crippen LogP contribution >= 0.6 is 22.6 Å². The number of nitrogens with one attached hydrogen (secondary N) is 2. The number of hydrogen-bond acceptors (Lipinski definition) is 5. The number of nitrogens with two attached hydrogens (primary N) is 1. The Kier molecular flexibility index (Phi) is 6.07. The van der Waals surface area contributed by atoms with E-state index in [9.17, 15) is 4.79 Å². The Balaban J connectivity index is 1.88. The number of primary amides is 1. The number of hydrogen-bond donors (Lipinski definition) is 3. The average Bonchev–Trinajstić information content (AvgIpc) is 3.10. The van der Waals surface area contributed by atoms with Gasteiger partial charge < -0.3 is 15.8 Å². The van der Waals surface area contributed by atoms with Crippen LogP contribution in [-0.2, 0) is 4.43 Å². The molecule has 0 saturated heterocycles. The van der Waals surface area contributed by atoms with Crippen LogP contribution in [0.4, 0.5) is 17.3 Å². The van der Waals surface area contributed by atoms with Crippen molar-refractivity contribution in [1.29, 1.82) is 0 Å². The van der Waals surface area contributed by atoms with E-state index in [1.54, 1.807) is 13.3 Å². The van der Waals surface area contributed by atoms with Crippen LogP contribution in [0.2, 0.25) is 0 Å². The van der Waals surface area contributed by atoms with Crippen molar-refractivity contribution < 1.29 is 9.53 Å². The van der Waals surface area contributed by atoms with Gasteiger partial charge in [-0.25, -0.2) is 4.99 Å². The second-order valence-electron chi connectivity index (χ2n) is 5.62. The maximum absolute atomic E-state index is 12.0. The van der Waals surface area contributed by atoms with Crippen LogP contribution in [0.3, 0.4) is 0 Å². The fraction of sp³-hybridized carbons (Fsp3) is 0.105. The molecule has 3 aromatic rings. The third-order valence-corrected chi connectivity index (χ3v) is 4.72. The Bertz CT molecular complexity index is 966. The summed E-state index contributed by atoms with van der Waals surface area (Å²) in [6.45, 7) is 0. The van der Waals surface area contributed by atoms with Gasteiger partial charge in [0.25, 0.3) is 5.91 Å². The lowest BCUT2D eigenvalue weighted by Gasteiger charge is -2.06. The van der Waals surface area contributed by atoms with E-state index < -0.39 is 5.91 Å². The minimum Gasteiger partial charge on any atom is -0.496 e. The van der Waals surface area contributed by atoms with Gasteiger partial charge >= 0.3 is 0 Å². The molecule has 7 nitrogen and oxygen atoms in total. The van der Waals surface area contributed by atoms with Crippen molar-refractivity contribution in [3.05, 3.63) is 65.2 Å². The zero-order valence-electron chi connectivity index (χ0n) is 14.6. The Labute approximate surface area is 170 Å². The Morgan fingerprint density at radius 3 is 2.70 bits per heavy atom. The number of aliphatic imine (C=N–C) groups is 1.